The zero-order valence-electron chi connectivity index (χ0n) is 13.4. The highest BCUT2D eigenvalue weighted by Crippen LogP contribution is 2.34. The lowest BCUT2D eigenvalue weighted by Crippen LogP contribution is -2.33. The Kier molecular flexibility index (Phi) is 4.26. The minimum atomic E-state index is -2.95. The maximum absolute atomic E-state index is 12.5. The highest BCUT2D eigenvalue weighted by Gasteiger charge is 2.32. The number of hydrogen-bond donors (Lipinski definition) is 0. The van der Waals surface area contributed by atoms with Gasteiger partial charge in [-0.05, 0) is 45.7 Å². The Balaban J connectivity index is 2.29. The molecule has 1 aromatic heterocycles. The van der Waals surface area contributed by atoms with E-state index in [1.54, 1.807) is 27.7 Å². The Morgan fingerprint density at radius 1 is 1.23 bits per heavy atom. The molecule has 1 aromatic rings. The molecule has 122 valence electrons. The van der Waals surface area contributed by atoms with E-state index in [0.29, 0.717) is 17.8 Å². The number of carbonyl (C=O) groups excluding carboxylic acids is 1. The highest BCUT2D eigenvalue weighted by molar-refractivity contribution is 5.70. The van der Waals surface area contributed by atoms with Crippen molar-refractivity contribution in [2.75, 3.05) is 0 Å². The second kappa shape index (κ2) is 5.70. The molecule has 0 aliphatic carbocycles. The van der Waals surface area contributed by atoms with Gasteiger partial charge in [-0.3, -0.25) is 4.90 Å². The summed E-state index contributed by atoms with van der Waals surface area (Å²) in [5, 5.41) is 0. The number of fused-ring (bicyclic) bond motifs is 1. The fourth-order valence-corrected chi connectivity index (χ4v) is 2.33. The number of hydrogen-bond acceptors (Lipinski definition) is 4. The zero-order valence-corrected chi connectivity index (χ0v) is 13.4. The standard InChI is InChI=1S/C15H20F2N2O3/c1-8-9(2)18-12(21-13(16)17)11-7-19(6-10(8)11)14(20)22-15(3,4)5/h13H,6-7H2,1-5H3. The summed E-state index contributed by atoms with van der Waals surface area (Å²) in [7, 11) is 0. The fraction of sp³-hybridized carbons (Fsp3) is 0.600. The van der Waals surface area contributed by atoms with Crippen LogP contribution >= 0.6 is 0 Å². The number of pyridine rings is 1. The SMILES string of the molecule is Cc1nc(OC(F)F)c2c(c1C)CN(C(=O)OC(C)(C)C)C2. The lowest BCUT2D eigenvalue weighted by molar-refractivity contribution is -0.0536. The van der Waals surface area contributed by atoms with Crippen LogP contribution in [0.2, 0.25) is 0 Å². The summed E-state index contributed by atoms with van der Waals surface area (Å²) in [5.74, 6) is -0.112. The number of carbonyl (C=O) groups is 1. The molecule has 0 saturated heterocycles. The van der Waals surface area contributed by atoms with Gasteiger partial charge in [0.1, 0.15) is 5.60 Å². The molecule has 0 atom stereocenters. The lowest BCUT2D eigenvalue weighted by Gasteiger charge is -2.24. The van der Waals surface area contributed by atoms with Gasteiger partial charge in [0.05, 0.1) is 13.1 Å². The topological polar surface area (TPSA) is 51.7 Å². The van der Waals surface area contributed by atoms with Crippen LogP contribution in [-0.4, -0.2) is 28.2 Å². The van der Waals surface area contributed by atoms with Crippen LogP contribution in [0.4, 0.5) is 13.6 Å². The van der Waals surface area contributed by atoms with Gasteiger partial charge in [0.15, 0.2) is 0 Å². The van der Waals surface area contributed by atoms with Crippen molar-refractivity contribution in [2.24, 2.45) is 0 Å². The molecule has 1 aliphatic rings. The largest absolute Gasteiger partial charge is 0.444 e. The van der Waals surface area contributed by atoms with Gasteiger partial charge in [-0.2, -0.15) is 8.78 Å². The van der Waals surface area contributed by atoms with E-state index < -0.39 is 18.3 Å². The van der Waals surface area contributed by atoms with E-state index in [4.69, 9.17) is 4.74 Å². The van der Waals surface area contributed by atoms with E-state index >= 15 is 0 Å². The van der Waals surface area contributed by atoms with Crippen molar-refractivity contribution in [1.29, 1.82) is 0 Å². The first kappa shape index (κ1) is 16.5. The van der Waals surface area contributed by atoms with E-state index in [1.165, 1.54) is 4.90 Å². The zero-order chi connectivity index (χ0) is 16.7. The number of alkyl halides is 2. The van der Waals surface area contributed by atoms with Crippen molar-refractivity contribution in [1.82, 2.24) is 9.88 Å². The molecule has 2 rings (SSSR count). The first-order valence-electron chi connectivity index (χ1n) is 7.00. The van der Waals surface area contributed by atoms with E-state index in [9.17, 15) is 13.6 Å². The summed E-state index contributed by atoms with van der Waals surface area (Å²) in [6, 6.07) is 0. The maximum atomic E-state index is 12.5. The summed E-state index contributed by atoms with van der Waals surface area (Å²) in [6.07, 6.45) is -0.483. The van der Waals surface area contributed by atoms with Gasteiger partial charge < -0.3 is 9.47 Å². The van der Waals surface area contributed by atoms with Crippen LogP contribution in [0.25, 0.3) is 0 Å². The van der Waals surface area contributed by atoms with Crippen molar-refractivity contribution in [3.8, 4) is 5.88 Å². The number of aryl methyl sites for hydroxylation is 1. The normalized spacial score (nSPS) is 14.3. The van der Waals surface area contributed by atoms with Crippen LogP contribution in [0.5, 0.6) is 5.88 Å². The predicted octanol–water partition coefficient (Wildman–Crippen LogP) is 3.55. The van der Waals surface area contributed by atoms with Crippen molar-refractivity contribution in [3.05, 3.63) is 22.4 Å². The van der Waals surface area contributed by atoms with Crippen LogP contribution < -0.4 is 4.74 Å². The molecule has 0 spiro atoms. The molecular weight excluding hydrogens is 294 g/mol. The number of nitrogens with zero attached hydrogens (tertiary/aromatic N) is 2. The summed E-state index contributed by atoms with van der Waals surface area (Å²) in [6.45, 7) is 6.41. The Bertz CT molecular complexity index is 597. The summed E-state index contributed by atoms with van der Waals surface area (Å²) in [5.41, 5.74) is 2.20. The molecule has 7 heteroatoms. The third-order valence-electron chi connectivity index (χ3n) is 3.44. The quantitative estimate of drug-likeness (QED) is 0.837. The predicted molar refractivity (Wildman–Crippen MR) is 75.8 cm³/mol. The number of amides is 1. The minimum absolute atomic E-state index is 0.112. The van der Waals surface area contributed by atoms with Crippen LogP contribution in [0.15, 0.2) is 0 Å². The van der Waals surface area contributed by atoms with E-state index in [2.05, 4.69) is 9.72 Å². The monoisotopic (exact) mass is 314 g/mol. The first-order chi connectivity index (χ1) is 10.1. The second-order valence-corrected chi connectivity index (χ2v) is 6.30. The maximum Gasteiger partial charge on any atom is 0.410 e. The smallest absolute Gasteiger partial charge is 0.410 e. The second-order valence-electron chi connectivity index (χ2n) is 6.30. The Morgan fingerprint density at radius 3 is 2.36 bits per heavy atom. The van der Waals surface area contributed by atoms with Crippen molar-refractivity contribution in [2.45, 2.75) is 59.9 Å². The van der Waals surface area contributed by atoms with Crippen LogP contribution in [0, 0.1) is 13.8 Å². The van der Waals surface area contributed by atoms with E-state index in [1.807, 2.05) is 6.92 Å². The molecule has 22 heavy (non-hydrogen) atoms. The lowest BCUT2D eigenvalue weighted by atomic mass is 10.1. The number of ether oxygens (including phenoxy) is 2. The summed E-state index contributed by atoms with van der Waals surface area (Å²) in [4.78, 5) is 17.7. The molecule has 0 bridgehead atoms. The molecule has 1 amide bonds. The molecular formula is C15H20F2N2O3. The molecule has 5 nitrogen and oxygen atoms in total. The molecule has 0 aromatic carbocycles. The van der Waals surface area contributed by atoms with Crippen molar-refractivity contribution in [3.63, 3.8) is 0 Å². The highest BCUT2D eigenvalue weighted by atomic mass is 19.3. The molecule has 1 aliphatic heterocycles. The molecule has 0 saturated carbocycles. The average molecular weight is 314 g/mol. The van der Waals surface area contributed by atoms with Gasteiger partial charge in [0.25, 0.3) is 0 Å². The van der Waals surface area contributed by atoms with Crippen LogP contribution in [-0.2, 0) is 17.8 Å². The van der Waals surface area contributed by atoms with Gasteiger partial charge in [-0.15, -0.1) is 0 Å². The van der Waals surface area contributed by atoms with Crippen LogP contribution in [0.1, 0.15) is 43.2 Å². The molecule has 0 radical (unpaired) electrons. The molecule has 0 fully saturated rings. The third-order valence-corrected chi connectivity index (χ3v) is 3.44. The van der Waals surface area contributed by atoms with E-state index in [0.717, 1.165) is 11.1 Å². The van der Waals surface area contributed by atoms with Gasteiger partial charge in [-0.25, -0.2) is 9.78 Å². The minimum Gasteiger partial charge on any atom is -0.444 e. The third kappa shape index (κ3) is 3.45. The molecule has 2 heterocycles. The number of aromatic nitrogens is 1. The molecule has 0 unspecified atom stereocenters. The Morgan fingerprint density at radius 2 is 1.82 bits per heavy atom. The van der Waals surface area contributed by atoms with Gasteiger partial charge in [-0.1, -0.05) is 0 Å². The number of rotatable bonds is 2. The number of halogens is 2. The van der Waals surface area contributed by atoms with Crippen LogP contribution in [0.3, 0.4) is 0 Å². The van der Waals surface area contributed by atoms with Crippen molar-refractivity contribution < 1.29 is 23.0 Å². The summed E-state index contributed by atoms with van der Waals surface area (Å²) < 4.78 is 34.9. The molecule has 0 N–H and O–H groups in total. The Labute approximate surface area is 128 Å². The van der Waals surface area contributed by atoms with Gasteiger partial charge in [0, 0.05) is 11.3 Å². The van der Waals surface area contributed by atoms with Gasteiger partial charge >= 0.3 is 12.7 Å². The van der Waals surface area contributed by atoms with Crippen molar-refractivity contribution >= 4 is 6.09 Å². The first-order valence-corrected chi connectivity index (χ1v) is 7.00. The van der Waals surface area contributed by atoms with Gasteiger partial charge in [0.2, 0.25) is 5.88 Å². The fourth-order valence-electron chi connectivity index (χ4n) is 2.33. The Hall–Kier alpha value is -1.92. The summed E-state index contributed by atoms with van der Waals surface area (Å²) >= 11 is 0. The average Bonchev–Trinajstić information content (AvgIpc) is 2.78. The van der Waals surface area contributed by atoms with E-state index in [-0.39, 0.29) is 12.4 Å².